The summed E-state index contributed by atoms with van der Waals surface area (Å²) in [5.41, 5.74) is 16.7. The molecule has 92 heavy (non-hydrogen) atoms. The molecule has 10 aromatic carbocycles. The number of hydrogen-bond donors (Lipinski definition) is 0. The first-order valence-electron chi connectivity index (χ1n) is 30.2. The molecule has 7 nitrogen and oxygen atoms in total. The largest absolute Gasteiger partial charge is 0.420 e. The standard InChI is InChI=1S/C82H50F3N7/c1-86-66-24-14-23-56(41-66)65-46-79(91-75-37-29-57(61-25-33-71(87-48-61)52-15-6-2-7-16-52)42-67(75)68-43-58(30-38-76(68)91)62-26-34-72(88-49-62)53-17-8-3-9-18-53)81(82(83,84)85)80(47-65)92-77-39-31-59(63-27-35-73(89-50-63)54-19-10-4-11-20-54)44-69(77)70-45-60(32-40-78(70)92)64-28-36-74(90-51-64)55-21-12-5-13-22-55/h2-51H. The summed E-state index contributed by atoms with van der Waals surface area (Å²) in [7, 11) is 0. The highest BCUT2D eigenvalue weighted by Gasteiger charge is 2.40. The second kappa shape index (κ2) is 22.7. The Balaban J connectivity index is 0.940. The highest BCUT2D eigenvalue weighted by Crippen LogP contribution is 2.48. The third kappa shape index (κ3) is 10.0. The van der Waals surface area contributed by atoms with Crippen LogP contribution < -0.4 is 0 Å². The number of halogens is 3. The average Bonchev–Trinajstić information content (AvgIpc) is 1.53. The number of alkyl halides is 3. The maximum atomic E-state index is 17.4. The Labute approximate surface area is 527 Å². The van der Waals surface area contributed by atoms with E-state index in [1.165, 1.54) is 0 Å². The molecule has 0 amide bonds. The van der Waals surface area contributed by atoms with Crippen LogP contribution in [0.25, 0.3) is 160 Å². The van der Waals surface area contributed by atoms with Gasteiger partial charge in [-0.05, 0) is 124 Å². The number of fused-ring (bicyclic) bond motifs is 6. The predicted molar refractivity (Wildman–Crippen MR) is 366 cm³/mol. The zero-order valence-electron chi connectivity index (χ0n) is 49.1. The van der Waals surface area contributed by atoms with Crippen LogP contribution in [0.3, 0.4) is 0 Å². The van der Waals surface area contributed by atoms with E-state index in [1.54, 1.807) is 39.5 Å². The van der Waals surface area contributed by atoms with Gasteiger partial charge in [0.2, 0.25) is 0 Å². The van der Waals surface area contributed by atoms with E-state index in [-0.39, 0.29) is 11.4 Å². The third-order valence-electron chi connectivity index (χ3n) is 17.4. The van der Waals surface area contributed by atoms with Gasteiger partial charge in [-0.15, -0.1) is 0 Å². The number of pyridine rings is 4. The lowest BCUT2D eigenvalue weighted by Gasteiger charge is -2.23. The van der Waals surface area contributed by atoms with E-state index < -0.39 is 11.7 Å². The van der Waals surface area contributed by atoms with Gasteiger partial charge in [-0.2, -0.15) is 13.2 Å². The Morgan fingerprint density at radius 1 is 0.272 bits per heavy atom. The predicted octanol–water partition coefficient (Wildman–Crippen LogP) is 22.0. The van der Waals surface area contributed by atoms with Crippen LogP contribution in [0.2, 0.25) is 0 Å². The van der Waals surface area contributed by atoms with Gasteiger partial charge in [-0.1, -0.05) is 188 Å². The van der Waals surface area contributed by atoms with Crippen LogP contribution >= 0.6 is 0 Å². The molecule has 16 rings (SSSR count). The van der Waals surface area contributed by atoms with E-state index in [0.717, 1.165) is 111 Å². The van der Waals surface area contributed by atoms with E-state index in [2.05, 4.69) is 29.1 Å². The molecule has 0 fully saturated rings. The Bertz CT molecular complexity index is 4920. The van der Waals surface area contributed by atoms with Gasteiger partial charge in [0.15, 0.2) is 5.69 Å². The zero-order chi connectivity index (χ0) is 61.9. The topological polar surface area (TPSA) is 65.8 Å². The minimum atomic E-state index is -4.94. The van der Waals surface area contributed by atoms with Crippen molar-refractivity contribution in [2.24, 2.45) is 0 Å². The molecular formula is C82H50F3N7. The minimum absolute atomic E-state index is 0.0844. The Morgan fingerprint density at radius 3 is 0.826 bits per heavy atom. The Hall–Kier alpha value is -12.3. The minimum Gasteiger partial charge on any atom is -0.309 e. The summed E-state index contributed by atoms with van der Waals surface area (Å²) in [5.74, 6) is 0. The van der Waals surface area contributed by atoms with Crippen LogP contribution in [0.1, 0.15) is 5.56 Å². The maximum absolute atomic E-state index is 17.4. The molecule has 0 aliphatic carbocycles. The molecule has 10 heteroatoms. The van der Waals surface area contributed by atoms with E-state index >= 15 is 13.2 Å². The van der Waals surface area contributed by atoms with Crippen molar-refractivity contribution < 1.29 is 13.2 Å². The first-order chi connectivity index (χ1) is 45.2. The third-order valence-corrected chi connectivity index (χ3v) is 17.4. The van der Waals surface area contributed by atoms with Crippen molar-refractivity contribution in [3.63, 3.8) is 0 Å². The number of hydrogen-bond acceptors (Lipinski definition) is 4. The molecule has 0 aliphatic rings. The summed E-state index contributed by atoms with van der Waals surface area (Å²) in [6, 6.07) is 90.1. The lowest BCUT2D eigenvalue weighted by Crippen LogP contribution is -2.16. The lowest BCUT2D eigenvalue weighted by molar-refractivity contribution is -0.137. The van der Waals surface area contributed by atoms with Crippen molar-refractivity contribution in [3.05, 3.63) is 321 Å². The van der Waals surface area contributed by atoms with Crippen LogP contribution in [0.4, 0.5) is 18.9 Å². The molecule has 6 heterocycles. The summed E-state index contributed by atoms with van der Waals surface area (Å²) in [6.07, 6.45) is 2.44. The molecule has 6 aromatic heterocycles. The average molecular weight is 1190 g/mol. The van der Waals surface area contributed by atoms with Crippen LogP contribution in [0.15, 0.2) is 304 Å². The van der Waals surface area contributed by atoms with Crippen molar-refractivity contribution in [3.8, 4) is 112 Å². The van der Waals surface area contributed by atoms with E-state index in [0.29, 0.717) is 38.9 Å². The van der Waals surface area contributed by atoms with Crippen molar-refractivity contribution in [2.75, 3.05) is 0 Å². The number of nitrogens with zero attached hydrogens (tertiary/aromatic N) is 7. The van der Waals surface area contributed by atoms with Crippen molar-refractivity contribution in [2.45, 2.75) is 6.18 Å². The molecule has 0 bridgehead atoms. The first kappa shape index (κ1) is 55.0. The van der Waals surface area contributed by atoms with Crippen LogP contribution in [-0.2, 0) is 6.18 Å². The lowest BCUT2D eigenvalue weighted by atomic mass is 9.98. The Kier molecular flexibility index (Phi) is 13.6. The molecule has 0 N–H and O–H groups in total. The molecular weight excluding hydrogens is 1140 g/mol. The van der Waals surface area contributed by atoms with Crippen molar-refractivity contribution in [1.82, 2.24) is 29.1 Å². The molecule has 434 valence electrons. The normalized spacial score (nSPS) is 11.6. The monoisotopic (exact) mass is 1190 g/mol. The van der Waals surface area contributed by atoms with Crippen molar-refractivity contribution >= 4 is 49.3 Å². The smallest absolute Gasteiger partial charge is 0.309 e. The molecule has 0 radical (unpaired) electrons. The summed E-state index contributed by atoms with van der Waals surface area (Å²) in [5, 5.41) is 2.96. The van der Waals surface area contributed by atoms with Gasteiger partial charge in [0.25, 0.3) is 0 Å². The molecule has 0 aliphatic heterocycles. The summed E-state index contributed by atoms with van der Waals surface area (Å²) in [4.78, 5) is 23.3. The fourth-order valence-corrected chi connectivity index (χ4v) is 12.8. The van der Waals surface area contributed by atoms with Gasteiger partial charge in [0.05, 0.1) is 62.8 Å². The summed E-state index contributed by atoms with van der Waals surface area (Å²) >= 11 is 0. The fraction of sp³-hybridized carbons (Fsp3) is 0.0122. The highest BCUT2D eigenvalue weighted by molar-refractivity contribution is 6.14. The molecule has 16 aromatic rings. The second-order valence-corrected chi connectivity index (χ2v) is 22.8. The second-order valence-electron chi connectivity index (χ2n) is 22.8. The summed E-state index contributed by atoms with van der Waals surface area (Å²) < 4.78 is 55.8. The van der Waals surface area contributed by atoms with E-state index in [9.17, 15) is 0 Å². The molecule has 0 unspecified atom stereocenters. The number of benzene rings is 10. The maximum Gasteiger partial charge on any atom is 0.420 e. The molecule has 0 saturated carbocycles. The van der Waals surface area contributed by atoms with Gasteiger partial charge >= 0.3 is 6.18 Å². The summed E-state index contributed by atoms with van der Waals surface area (Å²) in [6.45, 7) is 8.06. The van der Waals surface area contributed by atoms with Crippen LogP contribution in [0, 0.1) is 6.57 Å². The first-order valence-corrected chi connectivity index (χ1v) is 30.2. The quantitative estimate of drug-likeness (QED) is 0.121. The van der Waals surface area contributed by atoms with Gasteiger partial charge in [0, 0.05) is 90.8 Å². The van der Waals surface area contributed by atoms with Crippen LogP contribution in [-0.4, -0.2) is 29.1 Å². The van der Waals surface area contributed by atoms with Crippen LogP contribution in [0.5, 0.6) is 0 Å². The zero-order valence-corrected chi connectivity index (χ0v) is 49.1. The fourth-order valence-electron chi connectivity index (χ4n) is 12.8. The SMILES string of the molecule is [C-]#[N+]c1cccc(-c2cc(-n3c4ccc(-c5ccc(-c6ccccc6)nc5)cc4c4cc(-c5ccc(-c6ccccc6)nc5)ccc43)c(C(F)(F)F)c(-n3c4ccc(-c5ccc(-c6ccccc6)nc5)cc4c4cc(-c5ccc(-c6ccccc6)nc5)ccc43)c2)c1. The van der Waals surface area contributed by atoms with Gasteiger partial charge in [0.1, 0.15) is 5.56 Å². The van der Waals surface area contributed by atoms with E-state index in [1.807, 2.05) is 249 Å². The van der Waals surface area contributed by atoms with Gasteiger partial charge in [-0.25, -0.2) is 4.85 Å². The molecule has 0 saturated heterocycles. The van der Waals surface area contributed by atoms with Crippen molar-refractivity contribution in [1.29, 1.82) is 0 Å². The highest BCUT2D eigenvalue weighted by atomic mass is 19.4. The van der Waals surface area contributed by atoms with Gasteiger partial charge in [-0.3, -0.25) is 19.9 Å². The van der Waals surface area contributed by atoms with Gasteiger partial charge < -0.3 is 9.13 Å². The molecule has 0 atom stereocenters. The number of aromatic nitrogens is 6. The Morgan fingerprint density at radius 2 is 0.554 bits per heavy atom. The van der Waals surface area contributed by atoms with E-state index in [4.69, 9.17) is 26.5 Å². The molecule has 0 spiro atoms. The number of rotatable bonds is 11.